The molecule has 19 heavy (non-hydrogen) atoms. The first kappa shape index (κ1) is 13.5. The lowest BCUT2D eigenvalue weighted by atomic mass is 10.2. The second-order valence-corrected chi connectivity index (χ2v) is 4.45. The van der Waals surface area contributed by atoms with Gasteiger partial charge < -0.3 is 15.8 Å². The van der Waals surface area contributed by atoms with Gasteiger partial charge in [0.15, 0.2) is 6.61 Å². The number of carbonyl (C=O) groups excluding carboxylic acids is 1. The van der Waals surface area contributed by atoms with Gasteiger partial charge in [0, 0.05) is 0 Å². The molecule has 0 radical (unpaired) electrons. The Morgan fingerprint density at radius 3 is 2.53 bits per heavy atom. The van der Waals surface area contributed by atoms with Crippen molar-refractivity contribution < 1.29 is 22.7 Å². The molecule has 0 aliphatic heterocycles. The SMILES string of the molecule is Nc1ccccc1OCC(=O)NC1(C(F)(F)F)CC1. The van der Waals surface area contributed by atoms with Crippen molar-refractivity contribution in [3.05, 3.63) is 24.3 Å². The van der Waals surface area contributed by atoms with Crippen LogP contribution in [0.4, 0.5) is 18.9 Å². The molecule has 1 amide bonds. The molecule has 0 atom stereocenters. The number of nitrogen functional groups attached to an aromatic ring is 1. The quantitative estimate of drug-likeness (QED) is 0.824. The molecule has 1 fully saturated rings. The van der Waals surface area contributed by atoms with Crippen LogP contribution in [-0.4, -0.2) is 24.2 Å². The standard InChI is InChI=1S/C12H13F3N2O2/c13-12(14,15)11(5-6-11)17-10(18)7-19-9-4-2-1-3-8(9)16/h1-4H,5-7,16H2,(H,17,18). The fourth-order valence-corrected chi connectivity index (χ4v) is 1.66. The van der Waals surface area contributed by atoms with E-state index in [1.165, 1.54) is 0 Å². The van der Waals surface area contributed by atoms with Crippen molar-refractivity contribution in [1.29, 1.82) is 0 Å². The largest absolute Gasteiger partial charge is 0.482 e. The number of hydrogen-bond acceptors (Lipinski definition) is 3. The summed E-state index contributed by atoms with van der Waals surface area (Å²) in [4.78, 5) is 11.5. The van der Waals surface area contributed by atoms with E-state index in [9.17, 15) is 18.0 Å². The normalized spacial score (nSPS) is 16.8. The van der Waals surface area contributed by atoms with Crippen LogP contribution in [0, 0.1) is 0 Å². The molecule has 0 saturated heterocycles. The molecule has 0 heterocycles. The fourth-order valence-electron chi connectivity index (χ4n) is 1.66. The van der Waals surface area contributed by atoms with Gasteiger partial charge >= 0.3 is 6.18 Å². The van der Waals surface area contributed by atoms with E-state index in [0.717, 1.165) is 0 Å². The first-order valence-corrected chi connectivity index (χ1v) is 5.69. The van der Waals surface area contributed by atoms with Crippen molar-refractivity contribution in [2.24, 2.45) is 0 Å². The van der Waals surface area contributed by atoms with E-state index < -0.39 is 24.2 Å². The third kappa shape index (κ3) is 2.91. The number of rotatable bonds is 4. The van der Waals surface area contributed by atoms with Crippen molar-refractivity contribution >= 4 is 11.6 Å². The highest BCUT2D eigenvalue weighted by atomic mass is 19.4. The van der Waals surface area contributed by atoms with Crippen molar-refractivity contribution in [3.8, 4) is 5.75 Å². The molecule has 2 rings (SSSR count). The van der Waals surface area contributed by atoms with Crippen LogP contribution in [0.1, 0.15) is 12.8 Å². The highest BCUT2D eigenvalue weighted by Gasteiger charge is 2.64. The van der Waals surface area contributed by atoms with Gasteiger partial charge in [-0.25, -0.2) is 0 Å². The van der Waals surface area contributed by atoms with Gasteiger partial charge in [0.25, 0.3) is 5.91 Å². The summed E-state index contributed by atoms with van der Waals surface area (Å²) in [6, 6.07) is 6.46. The lowest BCUT2D eigenvalue weighted by Crippen LogP contribution is -2.49. The zero-order valence-electron chi connectivity index (χ0n) is 9.96. The first-order valence-electron chi connectivity index (χ1n) is 5.69. The molecular formula is C12H13F3N2O2. The van der Waals surface area contributed by atoms with Crippen LogP contribution in [0.3, 0.4) is 0 Å². The van der Waals surface area contributed by atoms with Crippen molar-refractivity contribution in [3.63, 3.8) is 0 Å². The number of halogens is 3. The molecule has 7 heteroatoms. The van der Waals surface area contributed by atoms with Crippen LogP contribution in [0.5, 0.6) is 5.75 Å². The van der Waals surface area contributed by atoms with E-state index in [-0.39, 0.29) is 18.6 Å². The summed E-state index contributed by atoms with van der Waals surface area (Å²) in [5.74, 6) is -0.535. The number of nitrogens with one attached hydrogen (secondary N) is 1. The molecule has 1 aliphatic rings. The molecule has 1 aromatic rings. The van der Waals surface area contributed by atoms with E-state index in [2.05, 4.69) is 0 Å². The Bertz CT molecular complexity index is 484. The maximum atomic E-state index is 12.6. The summed E-state index contributed by atoms with van der Waals surface area (Å²) in [5, 5.41) is 1.97. The minimum Gasteiger partial charge on any atom is -0.482 e. The molecule has 1 aliphatic carbocycles. The second-order valence-electron chi connectivity index (χ2n) is 4.45. The Morgan fingerprint density at radius 1 is 1.37 bits per heavy atom. The monoisotopic (exact) mass is 274 g/mol. The van der Waals surface area contributed by atoms with Gasteiger partial charge in [0.05, 0.1) is 5.69 Å². The van der Waals surface area contributed by atoms with Crippen molar-refractivity contribution in [2.75, 3.05) is 12.3 Å². The summed E-state index contributed by atoms with van der Waals surface area (Å²) in [5.41, 5.74) is 3.85. The van der Waals surface area contributed by atoms with E-state index in [4.69, 9.17) is 10.5 Å². The lowest BCUT2D eigenvalue weighted by molar-refractivity contribution is -0.170. The number of amides is 1. The predicted molar refractivity (Wildman–Crippen MR) is 62.5 cm³/mol. The minimum atomic E-state index is -4.42. The van der Waals surface area contributed by atoms with E-state index in [1.807, 2.05) is 5.32 Å². The Hall–Kier alpha value is -1.92. The topological polar surface area (TPSA) is 64.3 Å². The van der Waals surface area contributed by atoms with Crippen LogP contribution in [0.2, 0.25) is 0 Å². The lowest BCUT2D eigenvalue weighted by Gasteiger charge is -2.20. The van der Waals surface area contributed by atoms with Crippen LogP contribution in [0.15, 0.2) is 24.3 Å². The summed E-state index contributed by atoms with van der Waals surface area (Å²) in [6.45, 7) is -0.494. The average Bonchev–Trinajstić information content (AvgIpc) is 3.08. The number of nitrogens with two attached hydrogens (primary N) is 1. The Balaban J connectivity index is 1.88. The van der Waals surface area contributed by atoms with Crippen molar-refractivity contribution in [2.45, 2.75) is 24.6 Å². The van der Waals surface area contributed by atoms with E-state index in [1.54, 1.807) is 24.3 Å². The third-order valence-electron chi connectivity index (χ3n) is 2.95. The number of benzene rings is 1. The number of anilines is 1. The van der Waals surface area contributed by atoms with E-state index >= 15 is 0 Å². The fraction of sp³-hybridized carbons (Fsp3) is 0.417. The van der Waals surface area contributed by atoms with Gasteiger partial charge in [0.1, 0.15) is 11.3 Å². The summed E-state index contributed by atoms with van der Waals surface area (Å²) < 4.78 is 42.9. The van der Waals surface area contributed by atoms with Gasteiger partial charge in [-0.3, -0.25) is 4.79 Å². The van der Waals surface area contributed by atoms with Crippen LogP contribution < -0.4 is 15.8 Å². The van der Waals surface area contributed by atoms with Crippen molar-refractivity contribution in [1.82, 2.24) is 5.32 Å². The number of hydrogen-bond donors (Lipinski definition) is 2. The Kier molecular flexibility index (Phi) is 3.30. The predicted octanol–water partition coefficient (Wildman–Crippen LogP) is 1.86. The molecular weight excluding hydrogens is 261 g/mol. The zero-order valence-corrected chi connectivity index (χ0v) is 9.96. The maximum Gasteiger partial charge on any atom is 0.411 e. The van der Waals surface area contributed by atoms with Gasteiger partial charge in [0.2, 0.25) is 0 Å². The molecule has 1 saturated carbocycles. The van der Waals surface area contributed by atoms with Crippen LogP contribution in [-0.2, 0) is 4.79 Å². The summed E-state index contributed by atoms with van der Waals surface area (Å²) in [7, 11) is 0. The molecule has 4 nitrogen and oxygen atoms in total. The molecule has 0 unspecified atom stereocenters. The van der Waals surface area contributed by atoms with Gasteiger partial charge in [-0.1, -0.05) is 12.1 Å². The van der Waals surface area contributed by atoms with Crippen LogP contribution in [0.25, 0.3) is 0 Å². The molecule has 0 bridgehead atoms. The zero-order chi connectivity index (χ0) is 14.1. The maximum absolute atomic E-state index is 12.6. The number of alkyl halides is 3. The highest BCUT2D eigenvalue weighted by molar-refractivity contribution is 5.79. The first-order chi connectivity index (χ1) is 8.84. The summed E-state index contributed by atoms with van der Waals surface area (Å²) in [6.07, 6.45) is -4.60. The van der Waals surface area contributed by atoms with Gasteiger partial charge in [-0.05, 0) is 25.0 Å². The third-order valence-corrected chi connectivity index (χ3v) is 2.95. The molecule has 1 aromatic carbocycles. The molecule has 0 aromatic heterocycles. The summed E-state index contributed by atoms with van der Waals surface area (Å²) >= 11 is 0. The smallest absolute Gasteiger partial charge is 0.411 e. The molecule has 104 valence electrons. The second kappa shape index (κ2) is 4.64. The van der Waals surface area contributed by atoms with Crippen LogP contribution >= 0.6 is 0 Å². The number of ether oxygens (including phenoxy) is 1. The Morgan fingerprint density at radius 2 is 2.00 bits per heavy atom. The number of para-hydroxylation sites is 2. The average molecular weight is 274 g/mol. The molecule has 3 N–H and O–H groups in total. The minimum absolute atomic E-state index is 0.0876. The van der Waals surface area contributed by atoms with Gasteiger partial charge in [-0.15, -0.1) is 0 Å². The van der Waals surface area contributed by atoms with E-state index in [0.29, 0.717) is 5.69 Å². The highest BCUT2D eigenvalue weighted by Crippen LogP contribution is 2.48. The number of carbonyl (C=O) groups is 1. The molecule has 0 spiro atoms. The van der Waals surface area contributed by atoms with Gasteiger partial charge in [-0.2, -0.15) is 13.2 Å². The Labute approximate surface area is 107 Å².